The minimum absolute atomic E-state index is 0.0643. The lowest BCUT2D eigenvalue weighted by molar-refractivity contribution is 0.0601. The second-order valence-electron chi connectivity index (χ2n) is 5.38. The van der Waals surface area contributed by atoms with Gasteiger partial charge < -0.3 is 15.8 Å². The second kappa shape index (κ2) is 5.25. The van der Waals surface area contributed by atoms with Gasteiger partial charge in [-0.25, -0.2) is 9.78 Å². The van der Waals surface area contributed by atoms with Crippen LogP contribution in [0.2, 0.25) is 0 Å². The highest BCUT2D eigenvalue weighted by atomic mass is 16.5. The number of nitrogen functional groups attached to an aromatic ring is 1. The van der Waals surface area contributed by atoms with Crippen molar-refractivity contribution in [1.29, 1.82) is 0 Å². The van der Waals surface area contributed by atoms with Crippen molar-refractivity contribution < 1.29 is 9.53 Å². The Morgan fingerprint density at radius 1 is 1.50 bits per heavy atom. The monoisotopic (exact) mass is 251 g/mol. The van der Waals surface area contributed by atoms with Crippen LogP contribution in [0.4, 0.5) is 11.5 Å². The molecule has 5 nitrogen and oxygen atoms in total. The zero-order chi connectivity index (χ0) is 13.9. The molecule has 1 heterocycles. The molecule has 1 aromatic rings. The molecule has 0 radical (unpaired) electrons. The summed E-state index contributed by atoms with van der Waals surface area (Å²) in [5.74, 6) is -0.128. The first-order valence-corrected chi connectivity index (χ1v) is 5.86. The van der Waals surface area contributed by atoms with Gasteiger partial charge >= 0.3 is 5.97 Å². The van der Waals surface area contributed by atoms with Crippen molar-refractivity contribution in [1.82, 2.24) is 4.98 Å². The van der Waals surface area contributed by atoms with Gasteiger partial charge in [0, 0.05) is 6.04 Å². The Kier molecular flexibility index (Phi) is 4.16. The minimum atomic E-state index is -0.423. The van der Waals surface area contributed by atoms with Crippen LogP contribution in [0.5, 0.6) is 0 Å². The SMILES string of the molecule is COC(=O)c1cc(N)ncc1NC(C)C(C)(C)C. The number of methoxy groups -OCH3 is 1. The Balaban J connectivity index is 3.05. The van der Waals surface area contributed by atoms with Gasteiger partial charge in [-0.1, -0.05) is 20.8 Å². The zero-order valence-corrected chi connectivity index (χ0v) is 11.6. The summed E-state index contributed by atoms with van der Waals surface area (Å²) in [5, 5.41) is 3.27. The third kappa shape index (κ3) is 3.35. The lowest BCUT2D eigenvalue weighted by Crippen LogP contribution is -2.31. The van der Waals surface area contributed by atoms with E-state index in [0.717, 1.165) is 0 Å². The normalized spacial score (nSPS) is 12.9. The molecule has 3 N–H and O–H groups in total. The number of carbonyl (C=O) groups excluding carboxylic acids is 1. The number of anilines is 2. The number of nitrogens with two attached hydrogens (primary N) is 1. The van der Waals surface area contributed by atoms with E-state index in [4.69, 9.17) is 10.5 Å². The van der Waals surface area contributed by atoms with E-state index in [1.165, 1.54) is 13.2 Å². The first-order valence-electron chi connectivity index (χ1n) is 5.86. The Hall–Kier alpha value is -1.78. The average Bonchev–Trinajstić information content (AvgIpc) is 2.29. The molecule has 0 aliphatic carbocycles. The van der Waals surface area contributed by atoms with Gasteiger partial charge in [0.05, 0.1) is 24.6 Å². The van der Waals surface area contributed by atoms with Crippen LogP contribution in [0.1, 0.15) is 38.1 Å². The number of aromatic nitrogens is 1. The highest BCUT2D eigenvalue weighted by Gasteiger charge is 2.22. The number of carbonyl (C=O) groups is 1. The molecule has 0 spiro atoms. The molecular weight excluding hydrogens is 230 g/mol. The summed E-state index contributed by atoms with van der Waals surface area (Å²) in [6.07, 6.45) is 1.56. The van der Waals surface area contributed by atoms with Crippen LogP contribution in [0, 0.1) is 5.41 Å². The lowest BCUT2D eigenvalue weighted by Gasteiger charge is -2.29. The number of rotatable bonds is 3. The van der Waals surface area contributed by atoms with Crippen molar-refractivity contribution >= 4 is 17.5 Å². The maximum absolute atomic E-state index is 11.7. The summed E-state index contributed by atoms with van der Waals surface area (Å²) < 4.78 is 4.74. The van der Waals surface area contributed by atoms with Gasteiger partial charge in [-0.15, -0.1) is 0 Å². The topological polar surface area (TPSA) is 77.2 Å². The molecule has 1 aromatic heterocycles. The zero-order valence-electron chi connectivity index (χ0n) is 11.6. The lowest BCUT2D eigenvalue weighted by atomic mass is 9.88. The molecule has 1 atom stereocenters. The third-order valence-electron chi connectivity index (χ3n) is 3.00. The van der Waals surface area contributed by atoms with E-state index in [-0.39, 0.29) is 11.5 Å². The van der Waals surface area contributed by atoms with Crippen molar-refractivity contribution in [3.05, 3.63) is 17.8 Å². The maximum atomic E-state index is 11.7. The van der Waals surface area contributed by atoms with Crippen LogP contribution in [0.25, 0.3) is 0 Å². The molecule has 1 rings (SSSR count). The number of hydrogen-bond donors (Lipinski definition) is 2. The predicted octanol–water partition coefficient (Wildman–Crippen LogP) is 2.30. The second-order valence-corrected chi connectivity index (χ2v) is 5.38. The Bertz CT molecular complexity index is 438. The molecule has 0 fully saturated rings. The van der Waals surface area contributed by atoms with Crippen LogP contribution in [0.3, 0.4) is 0 Å². The van der Waals surface area contributed by atoms with Crippen LogP contribution < -0.4 is 11.1 Å². The molecule has 0 aliphatic rings. The van der Waals surface area contributed by atoms with Gasteiger partial charge in [-0.05, 0) is 18.4 Å². The fourth-order valence-corrected chi connectivity index (χ4v) is 1.32. The molecule has 1 unspecified atom stereocenters. The quantitative estimate of drug-likeness (QED) is 0.806. The average molecular weight is 251 g/mol. The molecule has 0 amide bonds. The molecule has 0 aromatic carbocycles. The fraction of sp³-hybridized carbons (Fsp3) is 0.538. The maximum Gasteiger partial charge on any atom is 0.340 e. The van der Waals surface area contributed by atoms with E-state index in [2.05, 4.69) is 38.0 Å². The van der Waals surface area contributed by atoms with Crippen LogP contribution >= 0.6 is 0 Å². The molecule has 0 saturated carbocycles. The Labute approximate surface area is 108 Å². The standard InChI is InChI=1S/C13H21N3O2/c1-8(13(2,3)4)16-10-7-15-11(14)6-9(10)12(17)18-5/h6-8,16H,1-5H3,(H2,14,15). The molecule has 0 saturated heterocycles. The van der Waals surface area contributed by atoms with Gasteiger partial charge in [0.1, 0.15) is 5.82 Å². The van der Waals surface area contributed by atoms with E-state index >= 15 is 0 Å². The summed E-state index contributed by atoms with van der Waals surface area (Å²) in [6, 6.07) is 1.69. The van der Waals surface area contributed by atoms with E-state index in [1.54, 1.807) is 6.20 Å². The van der Waals surface area contributed by atoms with Crippen molar-refractivity contribution in [3.8, 4) is 0 Å². The number of pyridine rings is 1. The number of nitrogens with zero attached hydrogens (tertiary/aromatic N) is 1. The Morgan fingerprint density at radius 2 is 2.11 bits per heavy atom. The van der Waals surface area contributed by atoms with E-state index < -0.39 is 5.97 Å². The summed E-state index contributed by atoms with van der Waals surface area (Å²) in [4.78, 5) is 15.7. The van der Waals surface area contributed by atoms with E-state index in [1.807, 2.05) is 0 Å². The van der Waals surface area contributed by atoms with Crippen LogP contribution in [-0.4, -0.2) is 24.1 Å². The third-order valence-corrected chi connectivity index (χ3v) is 3.00. The van der Waals surface area contributed by atoms with Gasteiger partial charge in [0.15, 0.2) is 0 Å². The molecule has 5 heteroatoms. The molecular formula is C13H21N3O2. The summed E-state index contributed by atoms with van der Waals surface area (Å²) in [6.45, 7) is 8.41. The summed E-state index contributed by atoms with van der Waals surface area (Å²) in [5.41, 5.74) is 6.70. The largest absolute Gasteiger partial charge is 0.465 e. The van der Waals surface area contributed by atoms with Gasteiger partial charge in [0.2, 0.25) is 0 Å². The number of ether oxygens (including phenoxy) is 1. The van der Waals surface area contributed by atoms with Crippen molar-refractivity contribution in [3.63, 3.8) is 0 Å². The smallest absolute Gasteiger partial charge is 0.340 e. The number of esters is 1. The summed E-state index contributed by atoms with van der Waals surface area (Å²) >= 11 is 0. The summed E-state index contributed by atoms with van der Waals surface area (Å²) in [7, 11) is 1.34. The first-order chi connectivity index (χ1) is 8.25. The molecule has 100 valence electrons. The van der Waals surface area contributed by atoms with E-state index in [9.17, 15) is 4.79 Å². The van der Waals surface area contributed by atoms with Crippen LogP contribution in [0.15, 0.2) is 12.3 Å². The van der Waals surface area contributed by atoms with Gasteiger partial charge in [-0.3, -0.25) is 0 Å². The van der Waals surface area contributed by atoms with Gasteiger partial charge in [-0.2, -0.15) is 0 Å². The molecule has 0 bridgehead atoms. The van der Waals surface area contributed by atoms with E-state index in [0.29, 0.717) is 17.1 Å². The molecule has 18 heavy (non-hydrogen) atoms. The predicted molar refractivity (Wildman–Crippen MR) is 72.5 cm³/mol. The fourth-order valence-electron chi connectivity index (χ4n) is 1.32. The Morgan fingerprint density at radius 3 is 2.61 bits per heavy atom. The van der Waals surface area contributed by atoms with Crippen molar-refractivity contribution in [2.24, 2.45) is 5.41 Å². The van der Waals surface area contributed by atoms with Crippen molar-refractivity contribution in [2.45, 2.75) is 33.7 Å². The van der Waals surface area contributed by atoms with Crippen molar-refractivity contribution in [2.75, 3.05) is 18.2 Å². The number of hydrogen-bond acceptors (Lipinski definition) is 5. The highest BCUT2D eigenvalue weighted by molar-refractivity contribution is 5.96. The molecule has 0 aliphatic heterocycles. The highest BCUT2D eigenvalue weighted by Crippen LogP contribution is 2.25. The van der Waals surface area contributed by atoms with Crippen LogP contribution in [-0.2, 0) is 4.74 Å². The minimum Gasteiger partial charge on any atom is -0.465 e. The number of nitrogens with one attached hydrogen (secondary N) is 1. The first kappa shape index (κ1) is 14.3. The van der Waals surface area contributed by atoms with Gasteiger partial charge in [0.25, 0.3) is 0 Å².